The molecule has 0 saturated carbocycles. The molecule has 0 bridgehead atoms. The molecule has 2 aliphatic heterocycles. The van der Waals surface area contributed by atoms with Crippen LogP contribution in [0.25, 0.3) is 0 Å². The van der Waals surface area contributed by atoms with Crippen molar-refractivity contribution in [1.29, 1.82) is 0 Å². The highest BCUT2D eigenvalue weighted by Crippen LogP contribution is 2.38. The maximum Gasteiger partial charge on any atom is 0.269 e. The number of non-ortho nitro benzene ring substituents is 1. The first-order valence-corrected chi connectivity index (χ1v) is 10.6. The lowest BCUT2D eigenvalue weighted by Gasteiger charge is -2.25. The smallest absolute Gasteiger partial charge is 0.269 e. The van der Waals surface area contributed by atoms with Gasteiger partial charge in [0.25, 0.3) is 5.69 Å². The van der Waals surface area contributed by atoms with Gasteiger partial charge < -0.3 is 9.80 Å². The summed E-state index contributed by atoms with van der Waals surface area (Å²) >= 11 is 5.70. The average Bonchev–Trinajstić information content (AvgIpc) is 3.05. The zero-order valence-electron chi connectivity index (χ0n) is 14.5. The van der Waals surface area contributed by atoms with Gasteiger partial charge in [0.15, 0.2) is 14.9 Å². The third-order valence-corrected chi connectivity index (χ3v) is 7.11. The van der Waals surface area contributed by atoms with Crippen LogP contribution < -0.4 is 9.80 Å². The quantitative estimate of drug-likeness (QED) is 0.443. The molecule has 2 saturated heterocycles. The summed E-state index contributed by atoms with van der Waals surface area (Å²) in [4.78, 5) is 14.2. The van der Waals surface area contributed by atoms with E-state index in [2.05, 4.69) is 0 Å². The lowest BCUT2D eigenvalue weighted by atomic mass is 10.1. The Morgan fingerprint density at radius 2 is 1.41 bits per heavy atom. The molecule has 140 valence electrons. The highest BCUT2D eigenvalue weighted by molar-refractivity contribution is 7.91. The average molecular weight is 403 g/mol. The van der Waals surface area contributed by atoms with Crippen LogP contribution in [0.5, 0.6) is 0 Å². The van der Waals surface area contributed by atoms with Crippen LogP contribution in [-0.2, 0) is 9.84 Å². The normalized spacial score (nSPS) is 23.5. The summed E-state index contributed by atoms with van der Waals surface area (Å²) in [6, 6.07) is 13.2. The molecule has 0 radical (unpaired) electrons. The highest BCUT2D eigenvalue weighted by Gasteiger charge is 2.52. The van der Waals surface area contributed by atoms with Crippen LogP contribution in [0.2, 0.25) is 0 Å². The van der Waals surface area contributed by atoms with Gasteiger partial charge in [-0.3, -0.25) is 10.1 Å². The second-order valence-corrected chi connectivity index (χ2v) is 9.36. The van der Waals surface area contributed by atoms with E-state index in [9.17, 15) is 18.5 Å². The van der Waals surface area contributed by atoms with Crippen LogP contribution in [-0.4, -0.2) is 42.0 Å². The molecule has 2 heterocycles. The number of nitro benzene ring substituents is 1. The third kappa shape index (κ3) is 3.06. The van der Waals surface area contributed by atoms with Crippen LogP contribution in [0.3, 0.4) is 0 Å². The zero-order valence-corrected chi connectivity index (χ0v) is 16.1. The molecule has 0 spiro atoms. The van der Waals surface area contributed by atoms with E-state index in [1.165, 1.54) is 12.1 Å². The predicted octanol–water partition coefficient (Wildman–Crippen LogP) is 2.68. The second-order valence-electron chi connectivity index (χ2n) is 6.84. The molecule has 2 atom stereocenters. The van der Waals surface area contributed by atoms with E-state index in [0.29, 0.717) is 10.8 Å². The van der Waals surface area contributed by atoms with E-state index < -0.39 is 14.8 Å². The predicted molar refractivity (Wildman–Crippen MR) is 108 cm³/mol. The van der Waals surface area contributed by atoms with Gasteiger partial charge in [0.2, 0.25) is 0 Å². The van der Waals surface area contributed by atoms with Crippen molar-refractivity contribution in [1.82, 2.24) is 0 Å². The van der Waals surface area contributed by atoms with Gasteiger partial charge in [0, 0.05) is 23.5 Å². The fraction of sp³-hybridized carbons (Fsp3) is 0.278. The van der Waals surface area contributed by atoms with Gasteiger partial charge in [-0.15, -0.1) is 0 Å². The SMILES string of the molecule is Cc1ccc(N2C(=S)N(c3ccc([N+](=O)[O-])cc3)[C@H]3CS(=O)(=O)C[C@H]32)cc1. The number of hydrogen-bond donors (Lipinski definition) is 0. The highest BCUT2D eigenvalue weighted by atomic mass is 32.2. The summed E-state index contributed by atoms with van der Waals surface area (Å²) < 4.78 is 24.6. The van der Waals surface area contributed by atoms with Crippen molar-refractivity contribution in [3.63, 3.8) is 0 Å². The van der Waals surface area contributed by atoms with Gasteiger partial charge in [-0.2, -0.15) is 0 Å². The fourth-order valence-electron chi connectivity index (χ4n) is 3.75. The number of nitrogens with zero attached hydrogens (tertiary/aromatic N) is 3. The van der Waals surface area contributed by atoms with Crippen molar-refractivity contribution >= 4 is 44.2 Å². The number of fused-ring (bicyclic) bond motifs is 1. The van der Waals surface area contributed by atoms with Crippen molar-refractivity contribution < 1.29 is 13.3 Å². The Morgan fingerprint density at radius 1 is 0.963 bits per heavy atom. The minimum absolute atomic E-state index is 0.0111. The van der Waals surface area contributed by atoms with E-state index in [4.69, 9.17) is 12.2 Å². The van der Waals surface area contributed by atoms with Crippen LogP contribution in [0.4, 0.5) is 17.1 Å². The van der Waals surface area contributed by atoms with E-state index >= 15 is 0 Å². The van der Waals surface area contributed by atoms with Crippen LogP contribution in [0.1, 0.15) is 5.56 Å². The monoisotopic (exact) mass is 403 g/mol. The Labute approximate surface area is 162 Å². The van der Waals surface area contributed by atoms with Crippen molar-refractivity contribution in [3.8, 4) is 0 Å². The molecule has 9 heteroatoms. The molecule has 2 aromatic carbocycles. The molecule has 0 aliphatic carbocycles. The molecule has 2 fully saturated rings. The Balaban J connectivity index is 1.76. The standard InChI is InChI=1S/C18H17N3O4S2/c1-12-2-4-13(5-3-12)19-16-10-27(24,25)11-17(16)20(18(19)26)14-6-8-15(9-7-14)21(22)23/h2-9,16-17H,10-11H2,1H3/t16-,17+/m1/s1. The van der Waals surface area contributed by atoms with Gasteiger partial charge in [0.1, 0.15) is 0 Å². The number of benzene rings is 2. The molecule has 2 aliphatic rings. The first kappa shape index (κ1) is 17.9. The minimum atomic E-state index is -3.19. The molecule has 0 unspecified atom stereocenters. The topological polar surface area (TPSA) is 83.8 Å². The molecule has 0 amide bonds. The van der Waals surface area contributed by atoms with Gasteiger partial charge in [-0.05, 0) is 43.4 Å². The van der Waals surface area contributed by atoms with Crippen LogP contribution in [0.15, 0.2) is 48.5 Å². The summed E-state index contributed by atoms with van der Waals surface area (Å²) in [7, 11) is -3.19. The molecule has 2 aromatic rings. The lowest BCUT2D eigenvalue weighted by Crippen LogP contribution is -2.37. The van der Waals surface area contributed by atoms with Gasteiger partial charge in [-0.1, -0.05) is 17.7 Å². The Kier molecular flexibility index (Phi) is 4.15. The van der Waals surface area contributed by atoms with Gasteiger partial charge in [0.05, 0.1) is 28.5 Å². The third-order valence-electron chi connectivity index (χ3n) is 5.02. The number of sulfone groups is 1. The molecule has 27 heavy (non-hydrogen) atoms. The molecular weight excluding hydrogens is 386 g/mol. The van der Waals surface area contributed by atoms with Crippen molar-refractivity contribution in [2.75, 3.05) is 21.3 Å². The van der Waals surface area contributed by atoms with E-state index in [-0.39, 0.29) is 29.3 Å². The van der Waals surface area contributed by atoms with E-state index in [1.54, 1.807) is 12.1 Å². The number of nitro groups is 1. The number of thiocarbonyl (C=S) groups is 1. The molecular formula is C18H17N3O4S2. The molecule has 0 aromatic heterocycles. The molecule has 7 nitrogen and oxygen atoms in total. The summed E-state index contributed by atoms with van der Waals surface area (Å²) in [5, 5.41) is 11.4. The number of hydrogen-bond acceptors (Lipinski definition) is 5. The lowest BCUT2D eigenvalue weighted by molar-refractivity contribution is -0.384. The maximum absolute atomic E-state index is 12.3. The second kappa shape index (κ2) is 6.28. The maximum atomic E-state index is 12.3. The summed E-state index contributed by atoms with van der Waals surface area (Å²) in [5.41, 5.74) is 2.59. The zero-order chi connectivity index (χ0) is 19.3. The van der Waals surface area contributed by atoms with Crippen molar-refractivity contribution in [2.24, 2.45) is 0 Å². The van der Waals surface area contributed by atoms with Gasteiger partial charge in [-0.25, -0.2) is 8.42 Å². The Morgan fingerprint density at radius 3 is 1.85 bits per heavy atom. The van der Waals surface area contributed by atoms with Crippen molar-refractivity contribution in [2.45, 2.75) is 19.0 Å². The number of rotatable bonds is 3. The molecule has 0 N–H and O–H groups in total. The summed E-state index contributed by atoms with van der Waals surface area (Å²) in [5.74, 6) is 0.0479. The summed E-state index contributed by atoms with van der Waals surface area (Å²) in [6.07, 6.45) is 0. The summed E-state index contributed by atoms with van der Waals surface area (Å²) in [6.45, 7) is 1.98. The first-order chi connectivity index (χ1) is 12.8. The number of anilines is 2. The van der Waals surface area contributed by atoms with E-state index in [1.807, 2.05) is 41.0 Å². The molecule has 4 rings (SSSR count). The van der Waals surface area contributed by atoms with E-state index in [0.717, 1.165) is 11.3 Å². The largest absolute Gasteiger partial charge is 0.312 e. The van der Waals surface area contributed by atoms with Crippen molar-refractivity contribution in [3.05, 3.63) is 64.2 Å². The fourth-order valence-corrected chi connectivity index (χ4v) is 6.15. The van der Waals surface area contributed by atoms with Crippen LogP contribution >= 0.6 is 12.2 Å². The van der Waals surface area contributed by atoms with Crippen LogP contribution in [0, 0.1) is 17.0 Å². The Bertz CT molecular complexity index is 1020. The number of aryl methyl sites for hydroxylation is 1. The van der Waals surface area contributed by atoms with Gasteiger partial charge >= 0.3 is 0 Å². The Hall–Kier alpha value is -2.52. The minimum Gasteiger partial charge on any atom is -0.312 e. The first-order valence-electron chi connectivity index (χ1n) is 8.41.